The van der Waals surface area contributed by atoms with Gasteiger partial charge in [0, 0.05) is 44.8 Å². The molecule has 0 radical (unpaired) electrons. The van der Waals surface area contributed by atoms with Crippen LogP contribution in [0.15, 0.2) is 12.4 Å². The van der Waals surface area contributed by atoms with E-state index in [4.69, 9.17) is 9.47 Å². The standard InChI is InChI=1S/C15H27N3O2/c1-4-19-10-5-8-18-9-7-16-14(18)17-13-6-11-20-15(2,3)12-13/h7,9,13H,4-6,8,10-12H2,1-3H3,(H,16,17). The van der Waals surface area contributed by atoms with Crippen LogP contribution in [0.5, 0.6) is 0 Å². The molecule has 1 aromatic rings. The van der Waals surface area contributed by atoms with E-state index in [1.54, 1.807) is 0 Å². The van der Waals surface area contributed by atoms with Crippen molar-refractivity contribution in [2.24, 2.45) is 0 Å². The van der Waals surface area contributed by atoms with Gasteiger partial charge in [-0.05, 0) is 40.0 Å². The quantitative estimate of drug-likeness (QED) is 0.781. The Balaban J connectivity index is 1.85. The fourth-order valence-corrected chi connectivity index (χ4v) is 2.65. The van der Waals surface area contributed by atoms with Gasteiger partial charge in [-0.15, -0.1) is 0 Å². The van der Waals surface area contributed by atoms with Gasteiger partial charge in [-0.2, -0.15) is 0 Å². The zero-order chi connectivity index (χ0) is 14.4. The van der Waals surface area contributed by atoms with E-state index in [0.29, 0.717) is 6.04 Å². The highest BCUT2D eigenvalue weighted by atomic mass is 16.5. The third-order valence-electron chi connectivity index (χ3n) is 3.64. The van der Waals surface area contributed by atoms with Gasteiger partial charge < -0.3 is 19.4 Å². The number of nitrogens with one attached hydrogen (secondary N) is 1. The molecule has 20 heavy (non-hydrogen) atoms. The van der Waals surface area contributed by atoms with E-state index in [9.17, 15) is 0 Å². The van der Waals surface area contributed by atoms with Gasteiger partial charge in [-0.1, -0.05) is 0 Å². The lowest BCUT2D eigenvalue weighted by Crippen LogP contribution is -2.40. The van der Waals surface area contributed by atoms with Crippen molar-refractivity contribution >= 4 is 5.95 Å². The van der Waals surface area contributed by atoms with Crippen LogP contribution in [0.3, 0.4) is 0 Å². The predicted octanol–water partition coefficient (Wildman–Crippen LogP) is 2.68. The number of aryl methyl sites for hydroxylation is 1. The highest BCUT2D eigenvalue weighted by Gasteiger charge is 2.29. The molecule has 1 aliphatic rings. The molecule has 5 heteroatoms. The van der Waals surface area contributed by atoms with Crippen LogP contribution in [0.25, 0.3) is 0 Å². The molecular formula is C15H27N3O2. The molecular weight excluding hydrogens is 254 g/mol. The van der Waals surface area contributed by atoms with Crippen LogP contribution in [-0.2, 0) is 16.0 Å². The number of hydrogen-bond acceptors (Lipinski definition) is 4. The molecule has 1 fully saturated rings. The van der Waals surface area contributed by atoms with Crippen LogP contribution in [0.4, 0.5) is 5.95 Å². The minimum atomic E-state index is -0.0394. The van der Waals surface area contributed by atoms with E-state index in [-0.39, 0.29) is 5.60 Å². The fourth-order valence-electron chi connectivity index (χ4n) is 2.65. The predicted molar refractivity (Wildman–Crippen MR) is 80.0 cm³/mol. The number of rotatable bonds is 7. The van der Waals surface area contributed by atoms with Crippen LogP contribution in [-0.4, -0.2) is 41.0 Å². The third-order valence-corrected chi connectivity index (χ3v) is 3.64. The van der Waals surface area contributed by atoms with Gasteiger partial charge in [0.25, 0.3) is 0 Å². The van der Waals surface area contributed by atoms with Gasteiger partial charge in [0.05, 0.1) is 5.60 Å². The molecule has 1 aromatic heterocycles. The van der Waals surface area contributed by atoms with Crippen LogP contribution < -0.4 is 5.32 Å². The first-order chi connectivity index (χ1) is 9.61. The maximum atomic E-state index is 5.75. The van der Waals surface area contributed by atoms with Crippen molar-refractivity contribution in [3.63, 3.8) is 0 Å². The molecule has 1 unspecified atom stereocenters. The summed E-state index contributed by atoms with van der Waals surface area (Å²) in [5.74, 6) is 0.962. The van der Waals surface area contributed by atoms with Crippen molar-refractivity contribution in [2.45, 2.75) is 58.2 Å². The summed E-state index contributed by atoms with van der Waals surface area (Å²) in [4.78, 5) is 4.43. The van der Waals surface area contributed by atoms with Gasteiger partial charge in [0.1, 0.15) is 0 Å². The van der Waals surface area contributed by atoms with Crippen molar-refractivity contribution < 1.29 is 9.47 Å². The van der Waals surface area contributed by atoms with E-state index in [2.05, 4.69) is 28.7 Å². The SMILES string of the molecule is CCOCCCn1ccnc1NC1CCOC(C)(C)C1. The summed E-state index contributed by atoms with van der Waals surface area (Å²) in [6, 6.07) is 0.437. The zero-order valence-corrected chi connectivity index (χ0v) is 12.9. The van der Waals surface area contributed by atoms with Crippen molar-refractivity contribution in [3.8, 4) is 0 Å². The number of ether oxygens (including phenoxy) is 2. The second-order valence-corrected chi connectivity index (χ2v) is 5.94. The van der Waals surface area contributed by atoms with Gasteiger partial charge in [0.2, 0.25) is 5.95 Å². The average Bonchev–Trinajstić information content (AvgIpc) is 2.81. The molecule has 2 rings (SSSR count). The average molecular weight is 281 g/mol. The first kappa shape index (κ1) is 15.3. The van der Waals surface area contributed by atoms with Crippen LogP contribution in [0.2, 0.25) is 0 Å². The Morgan fingerprint density at radius 2 is 2.40 bits per heavy atom. The molecule has 0 amide bonds. The normalized spacial score (nSPS) is 21.9. The molecule has 0 aromatic carbocycles. The molecule has 114 valence electrons. The number of anilines is 1. The molecule has 1 aliphatic heterocycles. The second-order valence-electron chi connectivity index (χ2n) is 5.94. The summed E-state index contributed by atoms with van der Waals surface area (Å²) in [6.45, 7) is 9.66. The third kappa shape index (κ3) is 4.49. The van der Waals surface area contributed by atoms with E-state index >= 15 is 0 Å². The largest absolute Gasteiger partial charge is 0.382 e. The Kier molecular flexibility index (Phi) is 5.43. The van der Waals surface area contributed by atoms with Crippen LogP contribution in [0, 0.1) is 0 Å². The van der Waals surface area contributed by atoms with Crippen LogP contribution in [0.1, 0.15) is 40.0 Å². The van der Waals surface area contributed by atoms with E-state index in [1.807, 2.05) is 19.3 Å². The van der Waals surface area contributed by atoms with Crippen molar-refractivity contribution in [2.75, 3.05) is 25.1 Å². The van der Waals surface area contributed by atoms with Crippen molar-refractivity contribution in [3.05, 3.63) is 12.4 Å². The summed E-state index contributed by atoms with van der Waals surface area (Å²) >= 11 is 0. The van der Waals surface area contributed by atoms with Gasteiger partial charge in [-0.3, -0.25) is 0 Å². The Hall–Kier alpha value is -1.07. The topological polar surface area (TPSA) is 48.3 Å². The zero-order valence-electron chi connectivity index (χ0n) is 12.9. The first-order valence-electron chi connectivity index (χ1n) is 7.60. The minimum absolute atomic E-state index is 0.0394. The second kappa shape index (κ2) is 7.09. The highest BCUT2D eigenvalue weighted by molar-refractivity contribution is 5.28. The van der Waals surface area contributed by atoms with Gasteiger partial charge >= 0.3 is 0 Å². The molecule has 5 nitrogen and oxygen atoms in total. The molecule has 0 aliphatic carbocycles. The Bertz CT molecular complexity index is 404. The lowest BCUT2D eigenvalue weighted by atomic mass is 9.94. The minimum Gasteiger partial charge on any atom is -0.382 e. The number of imidazole rings is 1. The molecule has 0 bridgehead atoms. The van der Waals surface area contributed by atoms with E-state index in [0.717, 1.165) is 51.6 Å². The summed E-state index contributed by atoms with van der Waals surface area (Å²) < 4.78 is 13.3. The van der Waals surface area contributed by atoms with Crippen LogP contribution >= 0.6 is 0 Å². The number of aromatic nitrogens is 2. The highest BCUT2D eigenvalue weighted by Crippen LogP contribution is 2.26. The first-order valence-corrected chi connectivity index (χ1v) is 7.60. The van der Waals surface area contributed by atoms with Gasteiger partial charge in [-0.25, -0.2) is 4.98 Å². The smallest absolute Gasteiger partial charge is 0.202 e. The molecule has 1 N–H and O–H groups in total. The fraction of sp³-hybridized carbons (Fsp3) is 0.800. The Morgan fingerprint density at radius 3 is 3.15 bits per heavy atom. The van der Waals surface area contributed by atoms with Crippen molar-refractivity contribution in [1.29, 1.82) is 0 Å². The monoisotopic (exact) mass is 281 g/mol. The summed E-state index contributed by atoms with van der Waals surface area (Å²) in [5, 5.41) is 3.56. The maximum absolute atomic E-state index is 5.75. The molecule has 1 saturated heterocycles. The lowest BCUT2D eigenvalue weighted by molar-refractivity contribution is -0.0554. The summed E-state index contributed by atoms with van der Waals surface area (Å²) in [6.07, 6.45) is 6.94. The maximum Gasteiger partial charge on any atom is 0.202 e. The number of hydrogen-bond donors (Lipinski definition) is 1. The summed E-state index contributed by atoms with van der Waals surface area (Å²) in [7, 11) is 0. The van der Waals surface area contributed by atoms with Gasteiger partial charge in [0.15, 0.2) is 0 Å². The molecule has 1 atom stereocenters. The van der Waals surface area contributed by atoms with E-state index < -0.39 is 0 Å². The Labute approximate surface area is 121 Å². The number of nitrogens with zero attached hydrogens (tertiary/aromatic N) is 2. The molecule has 2 heterocycles. The summed E-state index contributed by atoms with van der Waals surface area (Å²) in [5.41, 5.74) is -0.0394. The lowest BCUT2D eigenvalue weighted by Gasteiger charge is -2.36. The Morgan fingerprint density at radius 1 is 1.55 bits per heavy atom. The molecule has 0 saturated carbocycles. The van der Waals surface area contributed by atoms with E-state index in [1.165, 1.54) is 0 Å². The van der Waals surface area contributed by atoms with Crippen molar-refractivity contribution in [1.82, 2.24) is 9.55 Å². The molecule has 0 spiro atoms.